The van der Waals surface area contributed by atoms with E-state index in [1.807, 2.05) is 11.8 Å². The van der Waals surface area contributed by atoms with Crippen LogP contribution in [-0.2, 0) is 4.79 Å². The van der Waals surface area contributed by atoms with Crippen LogP contribution in [0.5, 0.6) is 0 Å². The van der Waals surface area contributed by atoms with Gasteiger partial charge in [-0.05, 0) is 25.8 Å². The van der Waals surface area contributed by atoms with E-state index >= 15 is 0 Å². The van der Waals surface area contributed by atoms with Gasteiger partial charge < -0.3 is 10.0 Å². The molecule has 102 valence electrons. The summed E-state index contributed by atoms with van der Waals surface area (Å²) in [5.41, 5.74) is -0.0446. The van der Waals surface area contributed by atoms with Crippen LogP contribution in [0.15, 0.2) is 18.3 Å². The van der Waals surface area contributed by atoms with Crippen LogP contribution in [0.25, 0.3) is 0 Å². The smallest absolute Gasteiger partial charge is 0.306 e. The zero-order chi connectivity index (χ0) is 14.0. The molecule has 1 N–H and O–H groups in total. The molecule has 1 aliphatic rings. The van der Waals surface area contributed by atoms with Crippen molar-refractivity contribution in [3.8, 4) is 0 Å². The van der Waals surface area contributed by atoms with Gasteiger partial charge >= 0.3 is 5.97 Å². The number of anilines is 1. The Bertz CT molecular complexity index is 488. The Kier molecular flexibility index (Phi) is 3.64. The Labute approximate surface area is 110 Å². The summed E-state index contributed by atoms with van der Waals surface area (Å²) in [6.45, 7) is 2.54. The first kappa shape index (κ1) is 13.3. The molecule has 0 aromatic carbocycles. The fourth-order valence-corrected chi connectivity index (χ4v) is 2.39. The molecule has 2 unspecified atom stereocenters. The maximum absolute atomic E-state index is 11.0. The van der Waals surface area contributed by atoms with E-state index in [1.165, 1.54) is 12.3 Å². The third-order valence-corrected chi connectivity index (χ3v) is 3.46. The zero-order valence-electron chi connectivity index (χ0n) is 10.5. The molecule has 7 nitrogen and oxygen atoms in total. The minimum absolute atomic E-state index is 0.0446. The van der Waals surface area contributed by atoms with Crippen LogP contribution < -0.4 is 4.90 Å². The van der Waals surface area contributed by atoms with Crippen LogP contribution >= 0.6 is 0 Å². The first-order valence-electron chi connectivity index (χ1n) is 6.09. The molecule has 0 saturated carbocycles. The van der Waals surface area contributed by atoms with Crippen molar-refractivity contribution in [2.45, 2.75) is 25.8 Å². The Balaban J connectivity index is 2.10. The van der Waals surface area contributed by atoms with Crippen molar-refractivity contribution in [2.75, 3.05) is 11.4 Å². The number of carboxylic acid groups (broad SMARTS) is 1. The number of aliphatic carboxylic acids is 1. The van der Waals surface area contributed by atoms with Gasteiger partial charge in [0.25, 0.3) is 5.69 Å². The van der Waals surface area contributed by atoms with Crippen molar-refractivity contribution >= 4 is 17.5 Å². The lowest BCUT2D eigenvalue weighted by atomic mass is 9.92. The normalized spacial score (nSPS) is 23.1. The number of aromatic nitrogens is 1. The lowest BCUT2D eigenvalue weighted by Gasteiger charge is -2.37. The SMILES string of the molecule is CC1CC(C(=O)O)CCN1c1ccc([N+](=O)[O-])cn1. The van der Waals surface area contributed by atoms with Crippen LogP contribution in [0.3, 0.4) is 0 Å². The Hall–Kier alpha value is -2.18. The maximum Gasteiger partial charge on any atom is 0.306 e. The Morgan fingerprint density at radius 3 is 2.79 bits per heavy atom. The summed E-state index contributed by atoms with van der Waals surface area (Å²) in [4.78, 5) is 27.1. The van der Waals surface area contributed by atoms with Gasteiger partial charge in [0.1, 0.15) is 12.0 Å². The van der Waals surface area contributed by atoms with E-state index in [2.05, 4.69) is 4.98 Å². The van der Waals surface area contributed by atoms with Gasteiger partial charge in [0.15, 0.2) is 0 Å². The van der Waals surface area contributed by atoms with Gasteiger partial charge in [-0.3, -0.25) is 14.9 Å². The lowest BCUT2D eigenvalue weighted by Crippen LogP contribution is -2.43. The minimum atomic E-state index is -0.761. The van der Waals surface area contributed by atoms with Gasteiger partial charge in [-0.1, -0.05) is 0 Å². The van der Waals surface area contributed by atoms with E-state index in [1.54, 1.807) is 6.07 Å². The van der Waals surface area contributed by atoms with Crippen molar-refractivity contribution in [3.63, 3.8) is 0 Å². The number of carboxylic acids is 1. The predicted octanol–water partition coefficient (Wildman–Crippen LogP) is 1.68. The first-order valence-corrected chi connectivity index (χ1v) is 6.09. The summed E-state index contributed by atoms with van der Waals surface area (Å²) in [7, 11) is 0. The van der Waals surface area contributed by atoms with Gasteiger partial charge in [0.05, 0.1) is 10.8 Å². The van der Waals surface area contributed by atoms with Gasteiger partial charge in [-0.15, -0.1) is 0 Å². The number of piperidine rings is 1. The molecule has 1 aliphatic heterocycles. The molecular formula is C12H15N3O4. The summed E-state index contributed by atoms with van der Waals surface area (Å²) >= 11 is 0. The molecule has 7 heteroatoms. The molecule has 0 aliphatic carbocycles. The highest BCUT2D eigenvalue weighted by molar-refractivity contribution is 5.70. The average Bonchev–Trinajstić information content (AvgIpc) is 2.38. The van der Waals surface area contributed by atoms with E-state index in [0.29, 0.717) is 25.2 Å². The van der Waals surface area contributed by atoms with Crippen molar-refractivity contribution < 1.29 is 14.8 Å². The molecule has 2 rings (SSSR count). The van der Waals surface area contributed by atoms with Gasteiger partial charge in [-0.2, -0.15) is 0 Å². The molecule has 0 radical (unpaired) electrons. The highest BCUT2D eigenvalue weighted by Gasteiger charge is 2.30. The zero-order valence-corrected chi connectivity index (χ0v) is 10.5. The van der Waals surface area contributed by atoms with Crippen LogP contribution in [0.4, 0.5) is 11.5 Å². The van der Waals surface area contributed by atoms with Crippen LogP contribution in [0, 0.1) is 16.0 Å². The number of nitrogens with zero attached hydrogens (tertiary/aromatic N) is 3. The standard InChI is InChI=1S/C12H15N3O4/c1-8-6-9(12(16)17)4-5-14(8)11-3-2-10(7-13-11)15(18)19/h2-3,7-9H,4-6H2,1H3,(H,16,17). The highest BCUT2D eigenvalue weighted by Crippen LogP contribution is 2.27. The van der Waals surface area contributed by atoms with E-state index in [0.717, 1.165) is 0 Å². The fourth-order valence-electron chi connectivity index (χ4n) is 2.39. The fraction of sp³-hybridized carbons (Fsp3) is 0.500. The van der Waals surface area contributed by atoms with Crippen molar-refractivity contribution in [2.24, 2.45) is 5.92 Å². The average molecular weight is 265 g/mol. The second-order valence-electron chi connectivity index (χ2n) is 4.73. The van der Waals surface area contributed by atoms with Gasteiger partial charge in [0.2, 0.25) is 0 Å². The summed E-state index contributed by atoms with van der Waals surface area (Å²) in [6.07, 6.45) is 2.36. The second-order valence-corrected chi connectivity index (χ2v) is 4.73. The molecule has 1 fully saturated rings. The minimum Gasteiger partial charge on any atom is -0.481 e. The van der Waals surface area contributed by atoms with Crippen molar-refractivity contribution in [3.05, 3.63) is 28.4 Å². The third-order valence-electron chi connectivity index (χ3n) is 3.46. The largest absolute Gasteiger partial charge is 0.481 e. The van der Waals surface area contributed by atoms with E-state index in [4.69, 9.17) is 5.11 Å². The molecule has 19 heavy (non-hydrogen) atoms. The summed E-state index contributed by atoms with van der Waals surface area (Å²) in [5.74, 6) is -0.422. The second kappa shape index (κ2) is 5.21. The molecule has 0 amide bonds. The molecule has 2 heterocycles. The number of nitro groups is 1. The summed E-state index contributed by atoms with van der Waals surface area (Å²) in [5, 5.41) is 19.6. The quantitative estimate of drug-likeness (QED) is 0.659. The monoisotopic (exact) mass is 265 g/mol. The Morgan fingerprint density at radius 1 is 1.58 bits per heavy atom. The molecule has 1 saturated heterocycles. The van der Waals surface area contributed by atoms with Crippen LogP contribution in [0.2, 0.25) is 0 Å². The molecule has 2 atom stereocenters. The molecule has 0 spiro atoms. The summed E-state index contributed by atoms with van der Waals surface area (Å²) < 4.78 is 0. The maximum atomic E-state index is 11.0. The van der Waals surface area contributed by atoms with E-state index in [-0.39, 0.29) is 17.6 Å². The van der Waals surface area contributed by atoms with Gasteiger partial charge in [0, 0.05) is 18.7 Å². The molecule has 1 aromatic rings. The number of pyridine rings is 1. The molecule has 1 aromatic heterocycles. The predicted molar refractivity (Wildman–Crippen MR) is 68.1 cm³/mol. The van der Waals surface area contributed by atoms with Gasteiger partial charge in [-0.25, -0.2) is 4.98 Å². The van der Waals surface area contributed by atoms with E-state index in [9.17, 15) is 14.9 Å². The van der Waals surface area contributed by atoms with Crippen LogP contribution in [0.1, 0.15) is 19.8 Å². The topological polar surface area (TPSA) is 96.6 Å². The van der Waals surface area contributed by atoms with Crippen LogP contribution in [-0.4, -0.2) is 33.6 Å². The third kappa shape index (κ3) is 2.81. The van der Waals surface area contributed by atoms with E-state index < -0.39 is 10.9 Å². The van der Waals surface area contributed by atoms with Crippen molar-refractivity contribution in [1.29, 1.82) is 0 Å². The molecular weight excluding hydrogens is 250 g/mol. The molecule has 0 bridgehead atoms. The van der Waals surface area contributed by atoms with Crippen molar-refractivity contribution in [1.82, 2.24) is 4.98 Å². The lowest BCUT2D eigenvalue weighted by molar-refractivity contribution is -0.385. The Morgan fingerprint density at radius 2 is 2.32 bits per heavy atom. The number of carbonyl (C=O) groups is 1. The number of rotatable bonds is 3. The number of hydrogen-bond donors (Lipinski definition) is 1. The number of hydrogen-bond acceptors (Lipinski definition) is 5. The first-order chi connectivity index (χ1) is 8.99. The summed E-state index contributed by atoms with van der Waals surface area (Å²) in [6, 6.07) is 3.08. The highest BCUT2D eigenvalue weighted by atomic mass is 16.6.